The van der Waals surface area contributed by atoms with Crippen molar-refractivity contribution in [3.05, 3.63) is 29.1 Å². The van der Waals surface area contributed by atoms with Gasteiger partial charge in [0.15, 0.2) is 0 Å². The van der Waals surface area contributed by atoms with Crippen LogP contribution in [0.25, 0.3) is 10.1 Å². The van der Waals surface area contributed by atoms with Crippen molar-refractivity contribution in [2.45, 2.75) is 13.3 Å². The van der Waals surface area contributed by atoms with Crippen LogP contribution in [-0.2, 0) is 16.0 Å². The molecule has 0 aliphatic heterocycles. The summed E-state index contributed by atoms with van der Waals surface area (Å²) in [5.74, 6) is 0.920. The summed E-state index contributed by atoms with van der Waals surface area (Å²) in [5, 5.41) is 1.14. The Hall–Kier alpha value is -1.55. The Bertz CT molecular complexity index is 504. The summed E-state index contributed by atoms with van der Waals surface area (Å²) in [7, 11) is 0. The summed E-state index contributed by atoms with van der Waals surface area (Å²) < 4.78 is 11.5. The van der Waals surface area contributed by atoms with Crippen molar-refractivity contribution < 1.29 is 14.3 Å². The van der Waals surface area contributed by atoms with E-state index in [0.717, 1.165) is 17.6 Å². The second-order valence-corrected chi connectivity index (χ2v) is 4.70. The highest BCUT2D eigenvalue weighted by Gasteiger charge is 2.06. The zero-order valence-electron chi connectivity index (χ0n) is 9.64. The summed E-state index contributed by atoms with van der Waals surface area (Å²) in [4.78, 5) is 11.3. The largest absolute Gasteiger partial charge is 0.493 e. The first-order valence-corrected chi connectivity index (χ1v) is 6.36. The van der Waals surface area contributed by atoms with Gasteiger partial charge in [0.1, 0.15) is 5.75 Å². The Labute approximate surface area is 104 Å². The Morgan fingerprint density at radius 3 is 3.06 bits per heavy atom. The van der Waals surface area contributed by atoms with E-state index in [9.17, 15) is 4.79 Å². The fourth-order valence-corrected chi connectivity index (χ4v) is 2.76. The summed E-state index contributed by atoms with van der Waals surface area (Å²) in [6.45, 7) is 3.56. The maximum Gasteiger partial charge on any atom is 0.293 e. The number of carbonyl (C=O) groups excluding carboxylic acids is 1. The van der Waals surface area contributed by atoms with E-state index in [0.29, 0.717) is 19.7 Å². The average Bonchev–Trinajstić information content (AvgIpc) is 2.74. The van der Waals surface area contributed by atoms with E-state index in [4.69, 9.17) is 9.47 Å². The molecule has 1 heterocycles. The van der Waals surface area contributed by atoms with Crippen molar-refractivity contribution in [2.24, 2.45) is 0 Å². The second kappa shape index (κ2) is 5.68. The van der Waals surface area contributed by atoms with Crippen LogP contribution in [0.4, 0.5) is 0 Å². The van der Waals surface area contributed by atoms with E-state index in [1.165, 1.54) is 9.58 Å². The molecule has 3 nitrogen and oxygen atoms in total. The zero-order chi connectivity index (χ0) is 12.1. The SMILES string of the molecule is CCOc1cccc2sc(CCOC=O)cc12. The third kappa shape index (κ3) is 2.77. The monoisotopic (exact) mass is 250 g/mol. The zero-order valence-corrected chi connectivity index (χ0v) is 10.5. The third-order valence-corrected chi connectivity index (χ3v) is 3.57. The molecule has 0 aliphatic carbocycles. The van der Waals surface area contributed by atoms with Gasteiger partial charge in [-0.15, -0.1) is 11.3 Å². The Balaban J connectivity index is 2.23. The van der Waals surface area contributed by atoms with E-state index in [1.54, 1.807) is 11.3 Å². The number of ether oxygens (including phenoxy) is 2. The van der Waals surface area contributed by atoms with Crippen LogP contribution in [0.3, 0.4) is 0 Å². The quantitative estimate of drug-likeness (QED) is 0.584. The van der Waals surface area contributed by atoms with Crippen molar-refractivity contribution in [2.75, 3.05) is 13.2 Å². The highest BCUT2D eigenvalue weighted by atomic mass is 32.1. The molecular formula is C13H14O3S. The van der Waals surface area contributed by atoms with Crippen LogP contribution in [0, 0.1) is 0 Å². The van der Waals surface area contributed by atoms with Gasteiger partial charge in [-0.05, 0) is 25.1 Å². The topological polar surface area (TPSA) is 35.5 Å². The maximum atomic E-state index is 10.1. The van der Waals surface area contributed by atoms with Gasteiger partial charge in [0.05, 0.1) is 13.2 Å². The molecule has 0 saturated heterocycles. The maximum absolute atomic E-state index is 10.1. The van der Waals surface area contributed by atoms with E-state index in [2.05, 4.69) is 12.1 Å². The molecule has 1 aromatic heterocycles. The molecule has 4 heteroatoms. The molecule has 0 amide bonds. The molecule has 0 saturated carbocycles. The standard InChI is InChI=1S/C13H14O3S/c1-2-16-12-4-3-5-13-11(12)8-10(17-13)6-7-15-9-14/h3-5,8-9H,2,6-7H2,1H3. The van der Waals surface area contributed by atoms with Crippen LogP contribution in [0.15, 0.2) is 24.3 Å². The van der Waals surface area contributed by atoms with Gasteiger partial charge in [0, 0.05) is 21.4 Å². The van der Waals surface area contributed by atoms with Crippen LogP contribution in [0.5, 0.6) is 5.75 Å². The fourth-order valence-electron chi connectivity index (χ4n) is 1.70. The van der Waals surface area contributed by atoms with Gasteiger partial charge < -0.3 is 9.47 Å². The minimum absolute atomic E-state index is 0.431. The lowest BCUT2D eigenvalue weighted by Crippen LogP contribution is -1.94. The number of fused-ring (bicyclic) bond motifs is 1. The molecule has 0 atom stereocenters. The Kier molecular flexibility index (Phi) is 3.98. The summed E-state index contributed by atoms with van der Waals surface area (Å²) >= 11 is 1.71. The van der Waals surface area contributed by atoms with Gasteiger partial charge in [-0.25, -0.2) is 0 Å². The number of rotatable bonds is 6. The van der Waals surface area contributed by atoms with Gasteiger partial charge in [-0.1, -0.05) is 6.07 Å². The summed E-state index contributed by atoms with van der Waals surface area (Å²) in [5.41, 5.74) is 0. The number of carbonyl (C=O) groups is 1. The molecule has 2 aromatic rings. The second-order valence-electron chi connectivity index (χ2n) is 3.53. The first-order chi connectivity index (χ1) is 8.35. The minimum atomic E-state index is 0.431. The lowest BCUT2D eigenvalue weighted by atomic mass is 10.2. The molecular weight excluding hydrogens is 236 g/mol. The number of hydrogen-bond donors (Lipinski definition) is 0. The predicted molar refractivity (Wildman–Crippen MR) is 68.7 cm³/mol. The van der Waals surface area contributed by atoms with Crippen molar-refractivity contribution in [3.8, 4) is 5.75 Å². The molecule has 0 N–H and O–H groups in total. The van der Waals surface area contributed by atoms with Crippen LogP contribution in [0.1, 0.15) is 11.8 Å². The highest BCUT2D eigenvalue weighted by molar-refractivity contribution is 7.19. The third-order valence-electron chi connectivity index (χ3n) is 2.41. The van der Waals surface area contributed by atoms with Crippen molar-refractivity contribution in [1.82, 2.24) is 0 Å². The van der Waals surface area contributed by atoms with Crippen LogP contribution < -0.4 is 4.74 Å². The number of benzene rings is 1. The molecule has 0 fully saturated rings. The Morgan fingerprint density at radius 1 is 1.41 bits per heavy atom. The van der Waals surface area contributed by atoms with Crippen LogP contribution in [-0.4, -0.2) is 19.7 Å². The number of hydrogen-bond acceptors (Lipinski definition) is 4. The molecule has 17 heavy (non-hydrogen) atoms. The molecule has 0 spiro atoms. The average molecular weight is 250 g/mol. The van der Waals surface area contributed by atoms with E-state index in [-0.39, 0.29) is 0 Å². The Morgan fingerprint density at radius 2 is 2.29 bits per heavy atom. The lowest BCUT2D eigenvalue weighted by molar-refractivity contribution is -0.128. The van der Waals surface area contributed by atoms with Gasteiger partial charge in [0.2, 0.25) is 0 Å². The molecule has 90 valence electrons. The van der Waals surface area contributed by atoms with Gasteiger partial charge >= 0.3 is 0 Å². The summed E-state index contributed by atoms with van der Waals surface area (Å²) in [6, 6.07) is 8.16. The molecule has 0 aliphatic rings. The molecule has 0 radical (unpaired) electrons. The molecule has 0 bridgehead atoms. The van der Waals surface area contributed by atoms with Crippen LogP contribution in [0.2, 0.25) is 0 Å². The lowest BCUT2D eigenvalue weighted by Gasteiger charge is -2.03. The molecule has 2 rings (SSSR count). The van der Waals surface area contributed by atoms with Gasteiger partial charge in [-0.2, -0.15) is 0 Å². The predicted octanol–water partition coefficient (Wildman–Crippen LogP) is 3.02. The first-order valence-electron chi connectivity index (χ1n) is 5.54. The summed E-state index contributed by atoms with van der Waals surface area (Å²) in [6.07, 6.45) is 0.754. The van der Waals surface area contributed by atoms with Crippen molar-refractivity contribution in [1.29, 1.82) is 0 Å². The minimum Gasteiger partial charge on any atom is -0.493 e. The van der Waals surface area contributed by atoms with E-state index < -0.39 is 0 Å². The van der Waals surface area contributed by atoms with Gasteiger partial charge in [-0.3, -0.25) is 4.79 Å². The van der Waals surface area contributed by atoms with E-state index in [1.807, 2.05) is 19.1 Å². The first kappa shape index (κ1) is 11.9. The molecule has 0 unspecified atom stereocenters. The number of thiophene rings is 1. The molecule has 1 aromatic carbocycles. The normalized spacial score (nSPS) is 10.4. The van der Waals surface area contributed by atoms with Gasteiger partial charge in [0.25, 0.3) is 6.47 Å². The highest BCUT2D eigenvalue weighted by Crippen LogP contribution is 2.32. The van der Waals surface area contributed by atoms with Crippen LogP contribution >= 0.6 is 11.3 Å². The van der Waals surface area contributed by atoms with Crippen molar-refractivity contribution >= 4 is 27.9 Å². The van der Waals surface area contributed by atoms with Crippen molar-refractivity contribution in [3.63, 3.8) is 0 Å². The fraction of sp³-hybridized carbons (Fsp3) is 0.308. The smallest absolute Gasteiger partial charge is 0.293 e. The van der Waals surface area contributed by atoms with E-state index >= 15 is 0 Å².